The van der Waals surface area contributed by atoms with E-state index in [0.717, 1.165) is 10.4 Å². The van der Waals surface area contributed by atoms with Gasteiger partial charge in [-0.05, 0) is 30.5 Å². The monoisotopic (exact) mass is 327 g/mol. The molecule has 3 rings (SSSR count). The third kappa shape index (κ3) is 2.57. The Morgan fingerprint density at radius 1 is 1.26 bits per heavy atom. The molecule has 0 bridgehead atoms. The van der Waals surface area contributed by atoms with Gasteiger partial charge in [-0.3, -0.25) is 14.5 Å². The van der Waals surface area contributed by atoms with E-state index < -0.39 is 17.7 Å². The summed E-state index contributed by atoms with van der Waals surface area (Å²) in [5.74, 6) is -1.16. The number of carbonyl (C=O) groups is 2. The van der Waals surface area contributed by atoms with E-state index in [1.165, 1.54) is 16.2 Å². The van der Waals surface area contributed by atoms with Crippen LogP contribution in [0.4, 0.5) is 5.69 Å². The van der Waals surface area contributed by atoms with Crippen molar-refractivity contribution in [1.82, 2.24) is 0 Å². The second-order valence-electron chi connectivity index (χ2n) is 5.47. The van der Waals surface area contributed by atoms with E-state index in [2.05, 4.69) is 0 Å². The summed E-state index contributed by atoms with van der Waals surface area (Å²) in [5.41, 5.74) is 1.94. The van der Waals surface area contributed by atoms with Gasteiger partial charge in [0.05, 0.1) is 5.57 Å². The maximum Gasteiger partial charge on any atom is 0.294 e. The van der Waals surface area contributed by atoms with Gasteiger partial charge in [-0.2, -0.15) is 0 Å². The van der Waals surface area contributed by atoms with Crippen LogP contribution in [0.2, 0.25) is 0 Å². The van der Waals surface area contributed by atoms with Crippen LogP contribution >= 0.6 is 11.3 Å². The van der Waals surface area contributed by atoms with Crippen molar-refractivity contribution in [2.45, 2.75) is 26.3 Å². The number of hydrogen-bond acceptors (Lipinski definition) is 4. The molecule has 0 fully saturated rings. The highest BCUT2D eigenvalue weighted by molar-refractivity contribution is 7.10. The fraction of sp³-hybridized carbons (Fsp3) is 0.222. The van der Waals surface area contributed by atoms with Gasteiger partial charge in [0.25, 0.3) is 5.91 Å². The standard InChI is InChI=1S/C18H17NO3S/c1-3-13(20)15-16(14-5-4-10-23-14)19(18(22)17(15)21)12-8-6-11(2)7-9-12/h4-10,16,21H,3H2,1-2H3. The topological polar surface area (TPSA) is 57.6 Å². The van der Waals surface area contributed by atoms with E-state index in [9.17, 15) is 14.7 Å². The molecule has 1 aromatic carbocycles. The molecular formula is C18H17NO3S. The quantitative estimate of drug-likeness (QED) is 0.925. The number of amides is 1. The smallest absolute Gasteiger partial charge is 0.294 e. The van der Waals surface area contributed by atoms with E-state index in [-0.39, 0.29) is 17.8 Å². The molecule has 1 unspecified atom stereocenters. The molecule has 0 saturated heterocycles. The number of aliphatic hydroxyl groups excluding tert-OH is 1. The van der Waals surface area contributed by atoms with Crippen LogP contribution in [-0.2, 0) is 9.59 Å². The summed E-state index contributed by atoms with van der Waals surface area (Å²) in [4.78, 5) is 27.3. The second-order valence-corrected chi connectivity index (χ2v) is 6.45. The zero-order chi connectivity index (χ0) is 16.6. The van der Waals surface area contributed by atoms with Crippen molar-refractivity contribution in [3.63, 3.8) is 0 Å². The van der Waals surface area contributed by atoms with Gasteiger partial charge in [0, 0.05) is 17.0 Å². The summed E-state index contributed by atoms with van der Waals surface area (Å²) in [5, 5.41) is 12.2. The summed E-state index contributed by atoms with van der Waals surface area (Å²) in [6.45, 7) is 3.70. The van der Waals surface area contributed by atoms with Crippen molar-refractivity contribution in [1.29, 1.82) is 0 Å². The van der Waals surface area contributed by atoms with Crippen LogP contribution in [0, 0.1) is 6.92 Å². The fourth-order valence-electron chi connectivity index (χ4n) is 2.77. The Labute approximate surface area is 138 Å². The van der Waals surface area contributed by atoms with Crippen LogP contribution < -0.4 is 4.90 Å². The van der Waals surface area contributed by atoms with Crippen molar-refractivity contribution in [2.24, 2.45) is 0 Å². The summed E-state index contributed by atoms with van der Waals surface area (Å²) < 4.78 is 0. The number of rotatable bonds is 4. The molecule has 0 spiro atoms. The Bertz CT molecular complexity index is 775. The minimum Gasteiger partial charge on any atom is -0.503 e. The summed E-state index contributed by atoms with van der Waals surface area (Å²) in [7, 11) is 0. The van der Waals surface area contributed by atoms with Crippen molar-refractivity contribution in [3.8, 4) is 0 Å². The minimum absolute atomic E-state index is 0.195. The molecule has 1 amide bonds. The molecule has 1 aliphatic rings. The van der Waals surface area contributed by atoms with Crippen LogP contribution in [0.5, 0.6) is 0 Å². The van der Waals surface area contributed by atoms with Gasteiger partial charge in [0.1, 0.15) is 6.04 Å². The van der Waals surface area contributed by atoms with Gasteiger partial charge in [0.15, 0.2) is 11.5 Å². The molecule has 4 nitrogen and oxygen atoms in total. The first-order chi connectivity index (χ1) is 11.0. The number of benzene rings is 1. The number of Topliss-reactive ketones (excluding diaryl/α,β-unsaturated/α-hetero) is 1. The van der Waals surface area contributed by atoms with Crippen LogP contribution in [0.15, 0.2) is 53.1 Å². The van der Waals surface area contributed by atoms with Gasteiger partial charge in [-0.25, -0.2) is 0 Å². The minimum atomic E-state index is -0.558. The number of anilines is 1. The van der Waals surface area contributed by atoms with Gasteiger partial charge >= 0.3 is 0 Å². The number of thiophene rings is 1. The SMILES string of the molecule is CCC(=O)C1=C(O)C(=O)N(c2ccc(C)cc2)C1c1cccs1. The van der Waals surface area contributed by atoms with Crippen molar-refractivity contribution >= 4 is 28.7 Å². The third-order valence-electron chi connectivity index (χ3n) is 3.95. The number of hydrogen-bond donors (Lipinski definition) is 1. The summed E-state index contributed by atoms with van der Waals surface area (Å²) in [6.07, 6.45) is 0.246. The van der Waals surface area contributed by atoms with Crippen LogP contribution in [0.3, 0.4) is 0 Å². The Hall–Kier alpha value is -2.40. The molecule has 2 aromatic rings. The number of aryl methyl sites for hydroxylation is 1. The highest BCUT2D eigenvalue weighted by Gasteiger charge is 2.44. The molecule has 0 saturated carbocycles. The average Bonchev–Trinajstić information content (AvgIpc) is 3.16. The number of nitrogens with zero attached hydrogens (tertiary/aromatic N) is 1. The maximum absolute atomic E-state index is 12.6. The summed E-state index contributed by atoms with van der Waals surface area (Å²) in [6, 6.07) is 10.7. The van der Waals surface area contributed by atoms with Crippen molar-refractivity contribution in [2.75, 3.05) is 4.90 Å². The van der Waals surface area contributed by atoms with Gasteiger partial charge in [0.2, 0.25) is 0 Å². The zero-order valence-electron chi connectivity index (χ0n) is 12.9. The molecule has 2 heterocycles. The fourth-order valence-corrected chi connectivity index (χ4v) is 3.59. The molecule has 1 aromatic heterocycles. The number of ketones is 1. The summed E-state index contributed by atoms with van der Waals surface area (Å²) >= 11 is 1.47. The Kier molecular flexibility index (Phi) is 4.05. The molecule has 1 N–H and O–H groups in total. The lowest BCUT2D eigenvalue weighted by atomic mass is 10.00. The Morgan fingerprint density at radius 2 is 1.96 bits per heavy atom. The molecule has 1 aliphatic heterocycles. The van der Waals surface area contributed by atoms with E-state index in [1.54, 1.807) is 6.92 Å². The highest BCUT2D eigenvalue weighted by atomic mass is 32.1. The van der Waals surface area contributed by atoms with Crippen LogP contribution in [-0.4, -0.2) is 16.8 Å². The number of carbonyl (C=O) groups excluding carboxylic acids is 2. The molecular weight excluding hydrogens is 310 g/mol. The molecule has 118 valence electrons. The normalized spacial score (nSPS) is 17.9. The first-order valence-electron chi connectivity index (χ1n) is 7.44. The van der Waals surface area contributed by atoms with E-state index in [4.69, 9.17) is 0 Å². The molecule has 0 aliphatic carbocycles. The largest absolute Gasteiger partial charge is 0.503 e. The first kappa shape index (κ1) is 15.5. The van der Waals surface area contributed by atoms with Gasteiger partial charge in [-0.1, -0.05) is 30.7 Å². The second kappa shape index (κ2) is 6.01. The lowest BCUT2D eigenvalue weighted by Crippen LogP contribution is -2.30. The van der Waals surface area contributed by atoms with E-state index >= 15 is 0 Å². The first-order valence-corrected chi connectivity index (χ1v) is 8.32. The van der Waals surface area contributed by atoms with Crippen molar-refractivity contribution in [3.05, 3.63) is 63.6 Å². The molecule has 0 radical (unpaired) electrons. The predicted molar refractivity (Wildman–Crippen MR) is 90.7 cm³/mol. The lowest BCUT2D eigenvalue weighted by Gasteiger charge is -2.25. The average molecular weight is 327 g/mol. The van der Waals surface area contributed by atoms with E-state index in [1.807, 2.05) is 48.7 Å². The number of aliphatic hydroxyl groups is 1. The highest BCUT2D eigenvalue weighted by Crippen LogP contribution is 2.42. The maximum atomic E-state index is 12.6. The zero-order valence-corrected chi connectivity index (χ0v) is 13.8. The van der Waals surface area contributed by atoms with Gasteiger partial charge < -0.3 is 5.11 Å². The van der Waals surface area contributed by atoms with Crippen LogP contribution in [0.25, 0.3) is 0 Å². The van der Waals surface area contributed by atoms with Crippen molar-refractivity contribution < 1.29 is 14.7 Å². The molecule has 5 heteroatoms. The van der Waals surface area contributed by atoms with Gasteiger partial charge in [-0.15, -0.1) is 11.3 Å². The molecule has 23 heavy (non-hydrogen) atoms. The Balaban J connectivity index is 2.14. The van der Waals surface area contributed by atoms with E-state index in [0.29, 0.717) is 5.69 Å². The van der Waals surface area contributed by atoms with Crippen LogP contribution in [0.1, 0.15) is 29.8 Å². The Morgan fingerprint density at radius 3 is 2.52 bits per heavy atom. The molecule has 1 atom stereocenters. The predicted octanol–water partition coefficient (Wildman–Crippen LogP) is 3.94. The third-order valence-corrected chi connectivity index (χ3v) is 4.88. The lowest BCUT2D eigenvalue weighted by molar-refractivity contribution is -0.118.